The van der Waals surface area contributed by atoms with Gasteiger partial charge in [-0.3, -0.25) is 5.32 Å². The van der Waals surface area contributed by atoms with Gasteiger partial charge in [-0.25, -0.2) is 4.79 Å². The van der Waals surface area contributed by atoms with Crippen molar-refractivity contribution in [1.29, 1.82) is 0 Å². The lowest BCUT2D eigenvalue weighted by Gasteiger charge is -2.17. The van der Waals surface area contributed by atoms with Crippen molar-refractivity contribution in [3.05, 3.63) is 41.6 Å². The summed E-state index contributed by atoms with van der Waals surface area (Å²) in [6, 6.07) is 6.97. The molecule has 3 rings (SSSR count). The van der Waals surface area contributed by atoms with Crippen LogP contribution in [0.2, 0.25) is 0 Å². The fraction of sp³-hybridized carbons (Fsp3) is 0.250. The first-order chi connectivity index (χ1) is 9.24. The third kappa shape index (κ3) is 2.42. The molecule has 0 unspecified atom stereocenters. The number of hydrogen-bond donors (Lipinski definition) is 3. The summed E-state index contributed by atoms with van der Waals surface area (Å²) < 4.78 is 3.66. The summed E-state index contributed by atoms with van der Waals surface area (Å²) in [7, 11) is 0. The number of benzene rings is 1. The van der Waals surface area contributed by atoms with E-state index < -0.39 is 6.10 Å². The Morgan fingerprint density at radius 1 is 1.42 bits per heavy atom. The molecule has 0 saturated carbocycles. The highest BCUT2D eigenvalue weighted by Crippen LogP contribution is 2.31. The van der Waals surface area contributed by atoms with Gasteiger partial charge in [-0.2, -0.15) is 0 Å². The number of aliphatic hydroxyl groups excluding tert-OH is 1. The lowest BCUT2D eigenvalue weighted by Crippen LogP contribution is -2.36. The van der Waals surface area contributed by atoms with Crippen LogP contribution in [0.3, 0.4) is 0 Å². The van der Waals surface area contributed by atoms with E-state index >= 15 is 0 Å². The maximum absolute atomic E-state index is 11.8. The number of urea groups is 1. The average Bonchev–Trinajstić information content (AvgIpc) is 2.99. The van der Waals surface area contributed by atoms with E-state index in [1.165, 1.54) is 6.20 Å². The molecule has 98 valence electrons. The van der Waals surface area contributed by atoms with Gasteiger partial charge in [-0.15, -0.1) is 5.10 Å². The van der Waals surface area contributed by atoms with Crippen LogP contribution in [-0.4, -0.2) is 26.8 Å². The highest BCUT2D eigenvalue weighted by atomic mass is 32.1. The number of amides is 2. The van der Waals surface area contributed by atoms with Crippen LogP contribution in [0, 0.1) is 0 Å². The van der Waals surface area contributed by atoms with E-state index in [0.717, 1.165) is 22.7 Å². The molecule has 3 N–H and O–H groups in total. The number of anilines is 1. The van der Waals surface area contributed by atoms with Crippen molar-refractivity contribution >= 4 is 22.6 Å². The van der Waals surface area contributed by atoms with Crippen molar-refractivity contribution in [2.75, 3.05) is 5.32 Å². The average molecular weight is 276 g/mol. The highest BCUT2D eigenvalue weighted by molar-refractivity contribution is 7.10. The molecule has 2 aromatic rings. The molecule has 0 bridgehead atoms. The molecule has 0 aliphatic heterocycles. The van der Waals surface area contributed by atoms with Crippen molar-refractivity contribution in [3.63, 3.8) is 0 Å². The summed E-state index contributed by atoms with van der Waals surface area (Å²) in [5, 5.41) is 19.6. The molecule has 6 nitrogen and oxygen atoms in total. The van der Waals surface area contributed by atoms with Crippen LogP contribution in [0.1, 0.15) is 17.2 Å². The van der Waals surface area contributed by atoms with Crippen LogP contribution in [0.25, 0.3) is 0 Å². The van der Waals surface area contributed by atoms with Gasteiger partial charge in [-0.1, -0.05) is 28.8 Å². The Morgan fingerprint density at radius 2 is 2.26 bits per heavy atom. The minimum Gasteiger partial charge on any atom is -0.390 e. The number of rotatable bonds is 2. The third-order valence-electron chi connectivity index (χ3n) is 3.09. The van der Waals surface area contributed by atoms with Crippen molar-refractivity contribution in [2.24, 2.45) is 0 Å². The van der Waals surface area contributed by atoms with Gasteiger partial charge in [0.2, 0.25) is 0 Å². The first kappa shape index (κ1) is 12.1. The van der Waals surface area contributed by atoms with Crippen LogP contribution in [0.15, 0.2) is 30.5 Å². The molecule has 0 fully saturated rings. The molecule has 1 aromatic heterocycles. The van der Waals surface area contributed by atoms with Crippen molar-refractivity contribution < 1.29 is 9.90 Å². The minimum absolute atomic E-state index is 0.369. The third-order valence-corrected chi connectivity index (χ3v) is 3.67. The van der Waals surface area contributed by atoms with Crippen LogP contribution in [0.4, 0.5) is 9.80 Å². The van der Waals surface area contributed by atoms with Crippen molar-refractivity contribution in [3.8, 4) is 0 Å². The number of fused-ring (bicyclic) bond motifs is 1. The maximum Gasteiger partial charge on any atom is 0.320 e. The summed E-state index contributed by atoms with van der Waals surface area (Å²) in [6.45, 7) is 0. The Labute approximate surface area is 113 Å². The zero-order valence-electron chi connectivity index (χ0n) is 9.91. The van der Waals surface area contributed by atoms with Gasteiger partial charge < -0.3 is 10.4 Å². The predicted octanol–water partition coefficient (Wildman–Crippen LogP) is 1.32. The first-order valence-corrected chi connectivity index (χ1v) is 6.62. The molecule has 7 heteroatoms. The second kappa shape index (κ2) is 4.94. The van der Waals surface area contributed by atoms with Crippen LogP contribution < -0.4 is 10.6 Å². The number of hydrogen-bond acceptors (Lipinski definition) is 5. The molecule has 2 amide bonds. The standard InChI is InChI=1S/C12H12N4O2S/c17-9-5-7-3-1-2-4-8(7)11(9)15-12(18)14-10-6-13-16-19-10/h1-4,6,9,11,17H,5H2,(H2,14,15,18)/t9-,11+/m0/s1. The van der Waals surface area contributed by atoms with E-state index in [1.54, 1.807) is 0 Å². The van der Waals surface area contributed by atoms with Gasteiger partial charge in [0, 0.05) is 18.0 Å². The van der Waals surface area contributed by atoms with Crippen LogP contribution in [0.5, 0.6) is 0 Å². The Morgan fingerprint density at radius 3 is 3.05 bits per heavy atom. The molecule has 2 atom stereocenters. The fourth-order valence-corrected chi connectivity index (χ4v) is 2.67. The molecule has 1 heterocycles. The molecule has 1 aliphatic carbocycles. The molecule has 1 aliphatic rings. The zero-order chi connectivity index (χ0) is 13.2. The van der Waals surface area contributed by atoms with Crippen molar-refractivity contribution in [2.45, 2.75) is 18.6 Å². The monoisotopic (exact) mass is 276 g/mol. The van der Waals surface area contributed by atoms with E-state index in [0.29, 0.717) is 11.4 Å². The molecular formula is C12H12N4O2S. The fourth-order valence-electron chi connectivity index (χ4n) is 2.26. The second-order valence-electron chi connectivity index (χ2n) is 4.33. The predicted molar refractivity (Wildman–Crippen MR) is 71.0 cm³/mol. The quantitative estimate of drug-likeness (QED) is 0.772. The van der Waals surface area contributed by atoms with E-state index in [9.17, 15) is 9.90 Å². The van der Waals surface area contributed by atoms with Gasteiger partial charge in [0.1, 0.15) is 5.00 Å². The number of carbonyl (C=O) groups is 1. The minimum atomic E-state index is -0.595. The Bertz CT molecular complexity index is 587. The maximum atomic E-state index is 11.8. The number of aromatic nitrogens is 2. The number of nitrogens with zero attached hydrogens (tertiary/aromatic N) is 2. The lowest BCUT2D eigenvalue weighted by molar-refractivity contribution is 0.144. The number of carbonyl (C=O) groups excluding carboxylic acids is 1. The largest absolute Gasteiger partial charge is 0.390 e. The number of aliphatic hydroxyl groups is 1. The van der Waals surface area contributed by atoms with E-state index in [-0.39, 0.29) is 12.1 Å². The Balaban J connectivity index is 1.71. The van der Waals surface area contributed by atoms with Gasteiger partial charge in [-0.05, 0) is 11.1 Å². The van der Waals surface area contributed by atoms with E-state index in [4.69, 9.17) is 0 Å². The van der Waals surface area contributed by atoms with Crippen LogP contribution >= 0.6 is 11.5 Å². The van der Waals surface area contributed by atoms with Crippen molar-refractivity contribution in [1.82, 2.24) is 14.9 Å². The topological polar surface area (TPSA) is 87.1 Å². The molecule has 0 spiro atoms. The summed E-state index contributed by atoms with van der Waals surface area (Å²) in [5.74, 6) is 0. The van der Waals surface area contributed by atoms with Gasteiger partial charge >= 0.3 is 6.03 Å². The first-order valence-electron chi connectivity index (χ1n) is 5.85. The van der Waals surface area contributed by atoms with E-state index in [1.807, 2.05) is 24.3 Å². The Hall–Kier alpha value is -1.99. The van der Waals surface area contributed by atoms with Crippen LogP contribution in [-0.2, 0) is 6.42 Å². The SMILES string of the molecule is O=C(Nc1cnns1)N[C@@H]1c2ccccc2C[C@@H]1O. The summed E-state index contributed by atoms with van der Waals surface area (Å²) in [4.78, 5) is 11.8. The number of nitrogens with one attached hydrogen (secondary N) is 2. The van der Waals surface area contributed by atoms with Gasteiger partial charge in [0.25, 0.3) is 0 Å². The molecule has 0 saturated heterocycles. The molecular weight excluding hydrogens is 264 g/mol. The van der Waals surface area contributed by atoms with Gasteiger partial charge in [0.05, 0.1) is 18.3 Å². The molecule has 1 aromatic carbocycles. The highest BCUT2D eigenvalue weighted by Gasteiger charge is 2.31. The smallest absolute Gasteiger partial charge is 0.320 e. The second-order valence-corrected chi connectivity index (χ2v) is 5.11. The lowest BCUT2D eigenvalue weighted by atomic mass is 10.1. The normalized spacial score (nSPS) is 20.9. The van der Waals surface area contributed by atoms with E-state index in [2.05, 4.69) is 20.2 Å². The summed E-state index contributed by atoms with van der Waals surface area (Å²) >= 11 is 1.10. The zero-order valence-corrected chi connectivity index (χ0v) is 10.7. The van der Waals surface area contributed by atoms with Gasteiger partial charge in [0.15, 0.2) is 0 Å². The summed E-state index contributed by atoms with van der Waals surface area (Å²) in [6.07, 6.45) is 1.44. The summed E-state index contributed by atoms with van der Waals surface area (Å²) in [5.41, 5.74) is 2.03. The molecule has 0 radical (unpaired) electrons. The molecule has 19 heavy (non-hydrogen) atoms. The Kier molecular flexibility index (Phi) is 3.14.